The molecule has 1 amide bonds. The van der Waals surface area contributed by atoms with Crippen molar-refractivity contribution < 1.29 is 4.79 Å². The Hall–Kier alpha value is -2.15. The highest BCUT2D eigenvalue weighted by Gasteiger charge is 2.29. The van der Waals surface area contributed by atoms with Crippen LogP contribution in [0.25, 0.3) is 4.96 Å². The van der Waals surface area contributed by atoms with Crippen LogP contribution >= 0.6 is 11.3 Å². The molecule has 0 aromatic carbocycles. The lowest BCUT2D eigenvalue weighted by Gasteiger charge is -2.35. The molecule has 3 aromatic rings. The van der Waals surface area contributed by atoms with Gasteiger partial charge in [0.15, 0.2) is 4.96 Å². The molecule has 7 heteroatoms. The van der Waals surface area contributed by atoms with E-state index in [9.17, 15) is 4.79 Å². The van der Waals surface area contributed by atoms with Gasteiger partial charge in [-0.1, -0.05) is 0 Å². The van der Waals surface area contributed by atoms with Crippen LogP contribution in [-0.2, 0) is 13.5 Å². The van der Waals surface area contributed by atoms with Crippen LogP contribution in [0.4, 0.5) is 0 Å². The Kier molecular flexibility index (Phi) is 4.10. The van der Waals surface area contributed by atoms with E-state index in [-0.39, 0.29) is 11.9 Å². The van der Waals surface area contributed by atoms with E-state index in [1.165, 1.54) is 6.42 Å². The van der Waals surface area contributed by atoms with Crippen LogP contribution in [0.5, 0.6) is 0 Å². The van der Waals surface area contributed by atoms with E-state index in [2.05, 4.69) is 14.5 Å². The Morgan fingerprint density at radius 3 is 3.08 bits per heavy atom. The maximum atomic E-state index is 12.9. The normalized spacial score (nSPS) is 18.4. The van der Waals surface area contributed by atoms with Crippen LogP contribution in [0.15, 0.2) is 30.2 Å². The smallest absolute Gasteiger partial charge is 0.274 e. The molecule has 0 aliphatic carbocycles. The summed E-state index contributed by atoms with van der Waals surface area (Å²) >= 11 is 1.55. The fraction of sp³-hybridized carbons (Fsp3) is 0.471. The number of likely N-dealkylation sites (tertiary alicyclic amines) is 1. The van der Waals surface area contributed by atoms with Gasteiger partial charge in [-0.25, -0.2) is 9.97 Å². The van der Waals surface area contributed by atoms with Crippen molar-refractivity contribution in [1.82, 2.24) is 23.8 Å². The molecule has 24 heavy (non-hydrogen) atoms. The molecule has 1 atom stereocenters. The number of piperidine rings is 1. The van der Waals surface area contributed by atoms with Gasteiger partial charge in [0.05, 0.1) is 0 Å². The number of aryl methyl sites for hydroxylation is 2. The summed E-state index contributed by atoms with van der Waals surface area (Å²) in [6.07, 6.45) is 12.8. The summed E-state index contributed by atoms with van der Waals surface area (Å²) in [5.41, 5.74) is 0.561. The van der Waals surface area contributed by atoms with Crippen molar-refractivity contribution in [3.8, 4) is 0 Å². The second kappa shape index (κ2) is 6.39. The Morgan fingerprint density at radius 2 is 2.29 bits per heavy atom. The summed E-state index contributed by atoms with van der Waals surface area (Å²) in [5, 5.41) is 1.98. The van der Waals surface area contributed by atoms with Gasteiger partial charge in [0.1, 0.15) is 11.5 Å². The average Bonchev–Trinajstić information content (AvgIpc) is 3.28. The molecule has 1 aliphatic rings. The van der Waals surface area contributed by atoms with Gasteiger partial charge in [0.25, 0.3) is 5.91 Å². The zero-order chi connectivity index (χ0) is 16.5. The van der Waals surface area contributed by atoms with E-state index in [4.69, 9.17) is 0 Å². The first-order chi connectivity index (χ1) is 11.7. The first-order valence-electron chi connectivity index (χ1n) is 8.42. The number of aromatic nitrogens is 4. The molecule has 0 spiro atoms. The second-order valence-electron chi connectivity index (χ2n) is 6.36. The van der Waals surface area contributed by atoms with Crippen LogP contribution in [0.2, 0.25) is 0 Å². The number of nitrogens with zero attached hydrogens (tertiary/aromatic N) is 5. The van der Waals surface area contributed by atoms with E-state index in [0.717, 1.165) is 43.0 Å². The van der Waals surface area contributed by atoms with Crippen molar-refractivity contribution in [3.63, 3.8) is 0 Å². The molecule has 1 saturated heterocycles. The molecule has 4 rings (SSSR count). The standard InChI is InChI=1S/C17H21N5OS/c1-20-9-7-18-15(20)6-5-13-4-2-3-8-22(13)16(23)14-12-21-10-11-24-17(21)19-14/h7,9-13H,2-6,8H2,1H3/t13-/m0/s1. The predicted molar refractivity (Wildman–Crippen MR) is 93.3 cm³/mol. The lowest BCUT2D eigenvalue weighted by atomic mass is 9.97. The largest absolute Gasteiger partial charge is 0.338 e. The average molecular weight is 343 g/mol. The number of carbonyl (C=O) groups is 1. The number of amides is 1. The van der Waals surface area contributed by atoms with Crippen molar-refractivity contribution in [2.24, 2.45) is 7.05 Å². The molecule has 3 aromatic heterocycles. The third-order valence-electron chi connectivity index (χ3n) is 4.82. The van der Waals surface area contributed by atoms with Gasteiger partial charge in [0.2, 0.25) is 0 Å². The highest BCUT2D eigenvalue weighted by molar-refractivity contribution is 7.15. The van der Waals surface area contributed by atoms with Crippen molar-refractivity contribution in [2.75, 3.05) is 6.54 Å². The van der Waals surface area contributed by atoms with E-state index >= 15 is 0 Å². The SMILES string of the molecule is Cn1ccnc1CC[C@@H]1CCCCN1C(=O)c1cn2ccsc2n1. The zero-order valence-corrected chi connectivity index (χ0v) is 14.6. The van der Waals surface area contributed by atoms with Crippen molar-refractivity contribution in [3.05, 3.63) is 41.7 Å². The quantitative estimate of drug-likeness (QED) is 0.732. The molecule has 0 saturated carbocycles. The number of fused-ring (bicyclic) bond motifs is 1. The lowest BCUT2D eigenvalue weighted by molar-refractivity contribution is 0.0595. The van der Waals surface area contributed by atoms with Crippen molar-refractivity contribution >= 4 is 22.2 Å². The molecule has 126 valence electrons. The minimum absolute atomic E-state index is 0.0652. The predicted octanol–water partition coefficient (Wildman–Crippen LogP) is 2.76. The third kappa shape index (κ3) is 2.84. The Labute approximate surface area is 144 Å². The fourth-order valence-corrected chi connectivity index (χ4v) is 4.18. The molecule has 0 N–H and O–H groups in total. The molecule has 0 unspecified atom stereocenters. The molecule has 6 nitrogen and oxygen atoms in total. The molecular formula is C17H21N5OS. The van der Waals surface area contributed by atoms with Gasteiger partial charge in [-0.2, -0.15) is 0 Å². The molecular weight excluding hydrogens is 322 g/mol. The minimum Gasteiger partial charge on any atom is -0.338 e. The maximum Gasteiger partial charge on any atom is 0.274 e. The number of rotatable bonds is 4. The lowest BCUT2D eigenvalue weighted by Crippen LogP contribution is -2.44. The van der Waals surface area contributed by atoms with Gasteiger partial charge in [0, 0.05) is 56.2 Å². The van der Waals surface area contributed by atoms with Gasteiger partial charge in [-0.3, -0.25) is 9.20 Å². The van der Waals surface area contributed by atoms with Gasteiger partial charge >= 0.3 is 0 Å². The number of carbonyl (C=O) groups excluding carboxylic acids is 1. The van der Waals surface area contributed by atoms with Crippen LogP contribution in [-0.4, -0.2) is 42.3 Å². The van der Waals surface area contributed by atoms with Crippen molar-refractivity contribution in [2.45, 2.75) is 38.1 Å². The minimum atomic E-state index is 0.0652. The summed E-state index contributed by atoms with van der Waals surface area (Å²) in [6, 6.07) is 0.280. The zero-order valence-electron chi connectivity index (χ0n) is 13.8. The number of thiazole rings is 1. The summed E-state index contributed by atoms with van der Waals surface area (Å²) < 4.78 is 3.98. The van der Waals surface area contributed by atoms with E-state index in [1.807, 2.05) is 46.5 Å². The Morgan fingerprint density at radius 1 is 1.38 bits per heavy atom. The topological polar surface area (TPSA) is 55.4 Å². The summed E-state index contributed by atoms with van der Waals surface area (Å²) in [4.78, 5) is 24.7. The number of hydrogen-bond donors (Lipinski definition) is 0. The van der Waals surface area contributed by atoms with Crippen molar-refractivity contribution in [1.29, 1.82) is 0 Å². The highest BCUT2D eigenvalue weighted by Crippen LogP contribution is 2.23. The molecule has 0 bridgehead atoms. The number of imidazole rings is 2. The summed E-state index contributed by atoms with van der Waals surface area (Å²) in [5.74, 6) is 1.14. The van der Waals surface area contributed by atoms with Gasteiger partial charge in [-0.15, -0.1) is 11.3 Å². The van der Waals surface area contributed by atoms with E-state index in [1.54, 1.807) is 11.3 Å². The molecule has 0 radical (unpaired) electrons. The highest BCUT2D eigenvalue weighted by atomic mass is 32.1. The Balaban J connectivity index is 1.49. The second-order valence-corrected chi connectivity index (χ2v) is 7.23. The third-order valence-corrected chi connectivity index (χ3v) is 5.59. The summed E-state index contributed by atoms with van der Waals surface area (Å²) in [7, 11) is 2.02. The van der Waals surface area contributed by atoms with Crippen LogP contribution in [0.3, 0.4) is 0 Å². The van der Waals surface area contributed by atoms with Gasteiger partial charge in [-0.05, 0) is 25.7 Å². The summed E-state index contributed by atoms with van der Waals surface area (Å²) in [6.45, 7) is 0.829. The first-order valence-corrected chi connectivity index (χ1v) is 9.30. The first kappa shape index (κ1) is 15.4. The van der Waals surface area contributed by atoms with Crippen LogP contribution in [0.1, 0.15) is 42.0 Å². The monoisotopic (exact) mass is 343 g/mol. The van der Waals surface area contributed by atoms with E-state index in [0.29, 0.717) is 5.69 Å². The van der Waals surface area contributed by atoms with Crippen LogP contribution < -0.4 is 0 Å². The molecule has 1 fully saturated rings. The maximum absolute atomic E-state index is 12.9. The molecule has 4 heterocycles. The van der Waals surface area contributed by atoms with Gasteiger partial charge < -0.3 is 9.47 Å². The fourth-order valence-electron chi connectivity index (χ4n) is 3.48. The number of hydrogen-bond acceptors (Lipinski definition) is 4. The van der Waals surface area contributed by atoms with Crippen LogP contribution in [0, 0.1) is 0 Å². The molecule has 1 aliphatic heterocycles. The van der Waals surface area contributed by atoms with E-state index < -0.39 is 0 Å². The Bertz CT molecular complexity index is 820.